The molecule has 0 bridgehead atoms. The van der Waals surface area contributed by atoms with Crippen LogP contribution in [0.2, 0.25) is 0 Å². The first-order valence-electron chi connectivity index (χ1n) is 6.89. The normalized spacial score (nSPS) is 10.4. The quantitative estimate of drug-likeness (QED) is 0.830. The highest BCUT2D eigenvalue weighted by Crippen LogP contribution is 2.23. The summed E-state index contributed by atoms with van der Waals surface area (Å²) in [6.45, 7) is 1.64. The Labute approximate surface area is 133 Å². The molecule has 0 saturated carbocycles. The van der Waals surface area contributed by atoms with E-state index in [-0.39, 0.29) is 31.1 Å². The van der Waals surface area contributed by atoms with Crippen LogP contribution in [0.5, 0.6) is 5.75 Å². The zero-order chi connectivity index (χ0) is 15.2. The Kier molecular flexibility index (Phi) is 7.27. The fraction of sp³-hybridized carbons (Fsp3) is 0.400. The zero-order valence-corrected chi connectivity index (χ0v) is 13.1. The average molecular weight is 333 g/mol. The Morgan fingerprint density at radius 3 is 2.77 bits per heavy atom. The van der Waals surface area contributed by atoms with Gasteiger partial charge in [0.15, 0.2) is 11.5 Å². The molecule has 0 aliphatic rings. The van der Waals surface area contributed by atoms with Crippen LogP contribution in [0.4, 0.5) is 8.78 Å². The number of hydrogen-bond acceptors (Lipinski definition) is 4. The van der Waals surface area contributed by atoms with Gasteiger partial charge >= 0.3 is 0 Å². The van der Waals surface area contributed by atoms with Crippen LogP contribution in [-0.4, -0.2) is 18.1 Å². The number of halogens is 3. The van der Waals surface area contributed by atoms with Crippen LogP contribution in [0.15, 0.2) is 34.3 Å². The fourth-order valence-electron chi connectivity index (χ4n) is 1.84. The third-order valence-corrected chi connectivity index (χ3v) is 3.08. The summed E-state index contributed by atoms with van der Waals surface area (Å²) < 4.78 is 35.9. The number of benzene rings is 1. The summed E-state index contributed by atoms with van der Waals surface area (Å²) >= 11 is 0. The molecular formula is C15H19ClF2N2O2. The number of unbranched alkanes of at least 4 members (excludes halogenated alkanes) is 1. The van der Waals surface area contributed by atoms with Gasteiger partial charge in [-0.2, -0.15) is 8.78 Å². The Morgan fingerprint density at radius 2 is 2.14 bits per heavy atom. The summed E-state index contributed by atoms with van der Waals surface area (Å²) in [6, 6.07) is 5.09. The molecule has 0 unspecified atom stereocenters. The minimum absolute atomic E-state index is 0. The van der Waals surface area contributed by atoms with E-state index in [9.17, 15) is 8.78 Å². The number of rotatable bonds is 7. The number of ether oxygens (including phenoxy) is 1. The van der Waals surface area contributed by atoms with Gasteiger partial charge < -0.3 is 14.9 Å². The summed E-state index contributed by atoms with van der Waals surface area (Å²) in [7, 11) is 0. The Balaban J connectivity index is 0.00000242. The van der Waals surface area contributed by atoms with Crippen molar-refractivity contribution in [3.8, 4) is 5.75 Å². The molecule has 0 amide bonds. The van der Waals surface area contributed by atoms with Crippen LogP contribution in [0.1, 0.15) is 25.7 Å². The van der Waals surface area contributed by atoms with Crippen molar-refractivity contribution < 1.29 is 17.9 Å². The van der Waals surface area contributed by atoms with Gasteiger partial charge in [0.05, 0.1) is 0 Å². The molecule has 1 heterocycles. The molecule has 0 fully saturated rings. The smallest absolute Gasteiger partial charge is 0.274 e. The van der Waals surface area contributed by atoms with Gasteiger partial charge in [-0.25, -0.2) is 4.98 Å². The predicted molar refractivity (Wildman–Crippen MR) is 83.7 cm³/mol. The largest absolute Gasteiger partial charge is 0.489 e. The Morgan fingerprint density at radius 1 is 1.36 bits per heavy atom. The highest BCUT2D eigenvalue weighted by molar-refractivity contribution is 5.85. The molecule has 1 aromatic heterocycles. The van der Waals surface area contributed by atoms with Crippen molar-refractivity contribution in [2.45, 2.75) is 26.2 Å². The van der Waals surface area contributed by atoms with Crippen LogP contribution < -0.4 is 10.5 Å². The molecule has 0 aliphatic heterocycles. The average Bonchev–Trinajstić information content (AvgIpc) is 2.87. The molecule has 2 aromatic rings. The second-order valence-corrected chi connectivity index (χ2v) is 4.70. The van der Waals surface area contributed by atoms with Crippen LogP contribution >= 0.6 is 12.4 Å². The lowest BCUT2D eigenvalue weighted by atomic mass is 10.2. The summed E-state index contributed by atoms with van der Waals surface area (Å²) in [5.41, 5.74) is 6.35. The van der Waals surface area contributed by atoms with E-state index in [1.165, 1.54) is 0 Å². The van der Waals surface area contributed by atoms with Crippen molar-refractivity contribution in [1.29, 1.82) is 0 Å². The molecule has 0 atom stereocenters. The van der Waals surface area contributed by atoms with Crippen molar-refractivity contribution in [3.63, 3.8) is 0 Å². The lowest BCUT2D eigenvalue weighted by Crippen LogP contribution is -2.12. The standard InChI is InChI=1S/C15H18F2N2O2.ClH/c1-2-3-4-14-19-12-6-5-11(7-13(12)21-14)20-9-10(8-18)15(16)17;/h5-7H,2-4,8-9,18H2,1H3;1H. The van der Waals surface area contributed by atoms with Gasteiger partial charge in [0.2, 0.25) is 0 Å². The van der Waals surface area contributed by atoms with E-state index < -0.39 is 6.08 Å². The van der Waals surface area contributed by atoms with E-state index in [0.717, 1.165) is 24.8 Å². The Bertz CT molecular complexity index is 640. The molecule has 1 aromatic carbocycles. The maximum atomic E-state index is 12.5. The number of hydrogen-bond donors (Lipinski definition) is 1. The Hall–Kier alpha value is -1.66. The topological polar surface area (TPSA) is 61.3 Å². The third-order valence-electron chi connectivity index (χ3n) is 3.08. The third kappa shape index (κ3) is 4.68. The highest BCUT2D eigenvalue weighted by atomic mass is 35.5. The number of fused-ring (bicyclic) bond motifs is 1. The van der Waals surface area contributed by atoms with E-state index in [4.69, 9.17) is 14.9 Å². The van der Waals surface area contributed by atoms with Gasteiger partial charge in [-0.15, -0.1) is 12.4 Å². The molecule has 0 aliphatic carbocycles. The summed E-state index contributed by atoms with van der Waals surface area (Å²) in [6.07, 6.45) is 1.07. The first kappa shape index (κ1) is 18.4. The number of aromatic nitrogens is 1. The van der Waals surface area contributed by atoms with Gasteiger partial charge in [0, 0.05) is 24.6 Å². The minimum Gasteiger partial charge on any atom is -0.489 e. The predicted octanol–water partition coefficient (Wildman–Crippen LogP) is 4.08. The van der Waals surface area contributed by atoms with Crippen molar-refractivity contribution in [2.75, 3.05) is 13.2 Å². The second-order valence-electron chi connectivity index (χ2n) is 4.70. The molecule has 7 heteroatoms. The van der Waals surface area contributed by atoms with Crippen molar-refractivity contribution >= 4 is 23.5 Å². The monoisotopic (exact) mass is 332 g/mol. The first-order valence-corrected chi connectivity index (χ1v) is 6.89. The summed E-state index contributed by atoms with van der Waals surface area (Å²) in [4.78, 5) is 4.36. The SMILES string of the molecule is CCCCc1nc2ccc(OCC(CN)=C(F)F)cc2o1.Cl. The van der Waals surface area contributed by atoms with Crippen molar-refractivity contribution in [1.82, 2.24) is 4.98 Å². The molecule has 2 rings (SSSR count). The molecule has 0 saturated heterocycles. The maximum Gasteiger partial charge on any atom is 0.274 e. The lowest BCUT2D eigenvalue weighted by Gasteiger charge is -2.06. The van der Waals surface area contributed by atoms with Gasteiger partial charge in [0.1, 0.15) is 17.9 Å². The number of aryl methyl sites for hydroxylation is 1. The second kappa shape index (κ2) is 8.70. The van der Waals surface area contributed by atoms with Gasteiger partial charge in [-0.3, -0.25) is 0 Å². The van der Waals surface area contributed by atoms with Gasteiger partial charge in [0.25, 0.3) is 6.08 Å². The first-order chi connectivity index (χ1) is 10.1. The van der Waals surface area contributed by atoms with E-state index in [1.807, 2.05) is 0 Å². The molecule has 0 spiro atoms. The van der Waals surface area contributed by atoms with Crippen LogP contribution in [0, 0.1) is 0 Å². The number of oxazole rings is 1. The lowest BCUT2D eigenvalue weighted by molar-refractivity contribution is 0.326. The summed E-state index contributed by atoms with van der Waals surface area (Å²) in [5.74, 6) is 1.13. The maximum absolute atomic E-state index is 12.5. The van der Waals surface area contributed by atoms with E-state index in [0.29, 0.717) is 17.2 Å². The minimum atomic E-state index is -1.79. The molecule has 4 nitrogen and oxygen atoms in total. The van der Waals surface area contributed by atoms with Gasteiger partial charge in [-0.1, -0.05) is 13.3 Å². The number of nitrogens with zero attached hydrogens (tertiary/aromatic N) is 1. The molecule has 2 N–H and O–H groups in total. The van der Waals surface area contributed by atoms with Crippen LogP contribution in [0.3, 0.4) is 0 Å². The van der Waals surface area contributed by atoms with Crippen molar-refractivity contribution in [3.05, 3.63) is 35.7 Å². The van der Waals surface area contributed by atoms with Crippen LogP contribution in [0.25, 0.3) is 11.1 Å². The molecular weight excluding hydrogens is 314 g/mol. The zero-order valence-electron chi connectivity index (χ0n) is 12.3. The van der Waals surface area contributed by atoms with Crippen LogP contribution in [-0.2, 0) is 6.42 Å². The van der Waals surface area contributed by atoms with Gasteiger partial charge in [-0.05, 0) is 18.6 Å². The molecule has 122 valence electrons. The molecule has 22 heavy (non-hydrogen) atoms. The summed E-state index contributed by atoms with van der Waals surface area (Å²) in [5, 5.41) is 0. The van der Waals surface area contributed by atoms with Crippen molar-refractivity contribution in [2.24, 2.45) is 5.73 Å². The highest BCUT2D eigenvalue weighted by Gasteiger charge is 2.09. The molecule has 0 radical (unpaired) electrons. The number of nitrogens with two attached hydrogens (primary N) is 1. The van der Waals surface area contributed by atoms with E-state index >= 15 is 0 Å². The van der Waals surface area contributed by atoms with E-state index in [1.54, 1.807) is 18.2 Å². The van der Waals surface area contributed by atoms with E-state index in [2.05, 4.69) is 11.9 Å². The fourth-order valence-corrected chi connectivity index (χ4v) is 1.84.